The minimum atomic E-state index is -2.89. The van der Waals surface area contributed by atoms with Gasteiger partial charge in [0.1, 0.15) is 0 Å². The molecule has 10 heteroatoms. The number of hydrogen-bond acceptors (Lipinski definition) is 5. The smallest absolute Gasteiger partial charge is 0.267 e. The van der Waals surface area contributed by atoms with E-state index >= 15 is 0 Å². The van der Waals surface area contributed by atoms with Crippen molar-refractivity contribution in [3.8, 4) is 5.69 Å². The molecule has 0 unspecified atom stereocenters. The van der Waals surface area contributed by atoms with Crippen molar-refractivity contribution in [2.24, 2.45) is 0 Å². The third-order valence-electron chi connectivity index (χ3n) is 5.54. The maximum absolute atomic E-state index is 14.0. The summed E-state index contributed by atoms with van der Waals surface area (Å²) in [5.74, 6) is 0.112. The zero-order valence-electron chi connectivity index (χ0n) is 17.1. The topological polar surface area (TPSA) is 71.8 Å². The number of aromatic nitrogens is 3. The van der Waals surface area contributed by atoms with Gasteiger partial charge in [-0.3, -0.25) is 9.36 Å². The molecular weight excluding hydrogens is 471 g/mol. The summed E-state index contributed by atoms with van der Waals surface area (Å²) >= 11 is 12.4. The molecule has 0 amide bonds. The van der Waals surface area contributed by atoms with E-state index in [1.165, 1.54) is 23.9 Å². The van der Waals surface area contributed by atoms with Crippen LogP contribution in [-0.4, -0.2) is 21.1 Å². The van der Waals surface area contributed by atoms with Gasteiger partial charge in [-0.1, -0.05) is 35.3 Å². The third-order valence-corrected chi connectivity index (χ3v) is 6.15. The SMILES string of the molecule is O=c1c2cnc(Nc3ccc4c(c3)CNCC4)nc2c(C(F)F)cn1-c1c(Cl)cccc1Cl. The molecule has 5 rings (SSSR count). The monoisotopic (exact) mass is 487 g/mol. The number of nitrogens with one attached hydrogen (secondary N) is 2. The van der Waals surface area contributed by atoms with Gasteiger partial charge in [-0.2, -0.15) is 0 Å². The first-order chi connectivity index (χ1) is 15.9. The van der Waals surface area contributed by atoms with E-state index in [9.17, 15) is 13.6 Å². The summed E-state index contributed by atoms with van der Waals surface area (Å²) in [6, 6.07) is 10.5. The Morgan fingerprint density at radius 2 is 1.91 bits per heavy atom. The van der Waals surface area contributed by atoms with E-state index < -0.39 is 17.5 Å². The lowest BCUT2D eigenvalue weighted by atomic mass is 10.0. The lowest BCUT2D eigenvalue weighted by molar-refractivity contribution is 0.152. The molecule has 4 aromatic rings. The van der Waals surface area contributed by atoms with E-state index in [4.69, 9.17) is 23.2 Å². The molecular formula is C23H17Cl2F2N5O. The van der Waals surface area contributed by atoms with Crippen LogP contribution in [0.4, 0.5) is 20.4 Å². The molecule has 3 heterocycles. The lowest BCUT2D eigenvalue weighted by Gasteiger charge is -2.18. The molecule has 33 heavy (non-hydrogen) atoms. The maximum Gasteiger partial charge on any atom is 0.267 e. The van der Waals surface area contributed by atoms with Gasteiger partial charge in [-0.15, -0.1) is 0 Å². The molecule has 1 aliphatic rings. The van der Waals surface area contributed by atoms with Crippen LogP contribution in [0, 0.1) is 0 Å². The van der Waals surface area contributed by atoms with Crippen LogP contribution < -0.4 is 16.2 Å². The number of nitrogens with zero attached hydrogens (tertiary/aromatic N) is 3. The highest BCUT2D eigenvalue weighted by Crippen LogP contribution is 2.31. The second-order valence-electron chi connectivity index (χ2n) is 7.62. The average molecular weight is 488 g/mol. The van der Waals surface area contributed by atoms with Crippen LogP contribution in [-0.2, 0) is 13.0 Å². The molecule has 2 aromatic heterocycles. The van der Waals surface area contributed by atoms with Gasteiger partial charge in [0.15, 0.2) is 0 Å². The number of para-hydroxylation sites is 1. The Morgan fingerprint density at radius 1 is 1.12 bits per heavy atom. The maximum atomic E-state index is 14.0. The van der Waals surface area contributed by atoms with Crippen molar-refractivity contribution in [3.05, 3.63) is 85.9 Å². The van der Waals surface area contributed by atoms with Gasteiger partial charge in [-0.25, -0.2) is 18.7 Å². The summed E-state index contributed by atoms with van der Waals surface area (Å²) in [6.07, 6.45) is 0.323. The number of alkyl halides is 2. The first-order valence-electron chi connectivity index (χ1n) is 10.2. The van der Waals surface area contributed by atoms with Crippen molar-refractivity contribution < 1.29 is 8.78 Å². The van der Waals surface area contributed by atoms with Crippen LogP contribution >= 0.6 is 23.2 Å². The number of hydrogen-bond donors (Lipinski definition) is 2. The fraction of sp³-hybridized carbons (Fsp3) is 0.174. The van der Waals surface area contributed by atoms with Gasteiger partial charge in [0, 0.05) is 24.6 Å². The Hall–Kier alpha value is -3.07. The Labute approximate surface area is 197 Å². The van der Waals surface area contributed by atoms with E-state index in [2.05, 4.69) is 20.6 Å². The molecule has 0 radical (unpaired) electrons. The number of halogens is 4. The predicted octanol–water partition coefficient (Wildman–Crippen LogP) is 5.41. The Morgan fingerprint density at radius 3 is 2.67 bits per heavy atom. The van der Waals surface area contributed by atoms with E-state index in [-0.39, 0.29) is 32.6 Å². The van der Waals surface area contributed by atoms with E-state index in [1.807, 2.05) is 18.2 Å². The van der Waals surface area contributed by atoms with Crippen LogP contribution in [0.2, 0.25) is 10.0 Å². The molecule has 6 nitrogen and oxygen atoms in total. The quantitative estimate of drug-likeness (QED) is 0.402. The number of anilines is 2. The fourth-order valence-electron chi connectivity index (χ4n) is 3.94. The highest BCUT2D eigenvalue weighted by atomic mass is 35.5. The Kier molecular flexibility index (Phi) is 5.74. The van der Waals surface area contributed by atoms with E-state index in [0.29, 0.717) is 0 Å². The van der Waals surface area contributed by atoms with Crippen molar-refractivity contribution in [3.63, 3.8) is 0 Å². The molecule has 0 saturated carbocycles. The van der Waals surface area contributed by atoms with Crippen LogP contribution in [0.1, 0.15) is 23.1 Å². The first-order valence-corrected chi connectivity index (χ1v) is 10.9. The normalized spacial score (nSPS) is 13.4. The van der Waals surface area contributed by atoms with E-state index in [1.54, 1.807) is 6.07 Å². The van der Waals surface area contributed by atoms with Crippen molar-refractivity contribution in [1.82, 2.24) is 19.9 Å². The highest BCUT2D eigenvalue weighted by Gasteiger charge is 2.21. The standard InChI is InChI=1S/C23H17Cl2F2N5O/c24-17-2-1-3-18(25)20(17)32-11-16(21(26)27)19-15(22(32)33)10-29-23(31-19)30-14-5-4-12-6-7-28-9-13(12)8-14/h1-5,8,10-11,21,28H,6-7,9H2,(H,29,30,31). The number of pyridine rings is 1. The molecule has 2 N–H and O–H groups in total. The van der Waals surface area contributed by atoms with Crippen LogP contribution in [0.25, 0.3) is 16.6 Å². The lowest BCUT2D eigenvalue weighted by Crippen LogP contribution is -2.23. The second kappa shape index (κ2) is 8.70. The number of rotatable bonds is 4. The van der Waals surface area contributed by atoms with Crippen molar-refractivity contribution >= 4 is 45.7 Å². The minimum Gasteiger partial charge on any atom is -0.324 e. The Balaban J connectivity index is 1.61. The largest absolute Gasteiger partial charge is 0.324 e. The molecule has 2 aromatic carbocycles. The number of benzene rings is 2. The second-order valence-corrected chi connectivity index (χ2v) is 8.44. The molecule has 0 spiro atoms. The van der Waals surface area contributed by atoms with Crippen LogP contribution in [0.5, 0.6) is 0 Å². The molecule has 0 bridgehead atoms. The molecule has 168 valence electrons. The van der Waals surface area contributed by atoms with Gasteiger partial charge in [0.05, 0.1) is 32.2 Å². The minimum absolute atomic E-state index is 0.0658. The number of fused-ring (bicyclic) bond motifs is 2. The van der Waals surface area contributed by atoms with Crippen molar-refractivity contribution in [2.75, 3.05) is 11.9 Å². The summed E-state index contributed by atoms with van der Waals surface area (Å²) in [5, 5.41) is 6.61. The van der Waals surface area contributed by atoms with Crippen LogP contribution in [0.3, 0.4) is 0 Å². The summed E-state index contributed by atoms with van der Waals surface area (Å²) in [6.45, 7) is 1.68. The summed E-state index contributed by atoms with van der Waals surface area (Å²) in [4.78, 5) is 21.6. The van der Waals surface area contributed by atoms with Gasteiger partial charge < -0.3 is 10.6 Å². The van der Waals surface area contributed by atoms with Gasteiger partial charge in [0.25, 0.3) is 12.0 Å². The van der Waals surface area contributed by atoms with Gasteiger partial charge >= 0.3 is 0 Å². The first kappa shape index (κ1) is 21.8. The summed E-state index contributed by atoms with van der Waals surface area (Å²) in [5.41, 5.74) is 2.10. The van der Waals surface area contributed by atoms with Crippen molar-refractivity contribution in [1.29, 1.82) is 0 Å². The van der Waals surface area contributed by atoms with Gasteiger partial charge in [-0.05, 0) is 48.4 Å². The average Bonchev–Trinajstić information content (AvgIpc) is 2.80. The molecule has 0 atom stereocenters. The molecule has 0 saturated heterocycles. The third kappa shape index (κ3) is 4.06. The predicted molar refractivity (Wildman–Crippen MR) is 125 cm³/mol. The Bertz CT molecular complexity index is 1420. The zero-order valence-corrected chi connectivity index (χ0v) is 18.6. The summed E-state index contributed by atoms with van der Waals surface area (Å²) in [7, 11) is 0. The molecule has 0 fully saturated rings. The van der Waals surface area contributed by atoms with E-state index in [0.717, 1.165) is 41.5 Å². The van der Waals surface area contributed by atoms with Gasteiger partial charge in [0.2, 0.25) is 5.95 Å². The highest BCUT2D eigenvalue weighted by molar-refractivity contribution is 6.37. The zero-order chi connectivity index (χ0) is 23.1. The van der Waals surface area contributed by atoms with Crippen molar-refractivity contribution in [2.45, 2.75) is 19.4 Å². The fourth-order valence-corrected chi connectivity index (χ4v) is 4.52. The summed E-state index contributed by atoms with van der Waals surface area (Å²) < 4.78 is 29.0. The van der Waals surface area contributed by atoms with Crippen LogP contribution in [0.15, 0.2) is 53.6 Å². The molecule has 0 aliphatic carbocycles. The molecule has 1 aliphatic heterocycles.